The number of piperidine rings is 1. The highest BCUT2D eigenvalue weighted by atomic mass is 16.4. The van der Waals surface area contributed by atoms with Crippen molar-refractivity contribution in [2.45, 2.75) is 38.3 Å². The summed E-state index contributed by atoms with van der Waals surface area (Å²) < 4.78 is 0. The summed E-state index contributed by atoms with van der Waals surface area (Å²) >= 11 is 0. The van der Waals surface area contributed by atoms with Gasteiger partial charge in [0.1, 0.15) is 0 Å². The summed E-state index contributed by atoms with van der Waals surface area (Å²) in [5.41, 5.74) is 0. The summed E-state index contributed by atoms with van der Waals surface area (Å²) in [6.45, 7) is 4.77. The van der Waals surface area contributed by atoms with Gasteiger partial charge in [-0.3, -0.25) is 4.79 Å². The standard InChI is InChI=1S/C11H20N2O2/c1-2-13-6-8(11(14)15)5-10(7-13)12-9-3-4-9/h8-10,12H,2-7H2,1H3,(H,14,15). The average Bonchev–Trinajstić information content (AvgIpc) is 3.01. The minimum Gasteiger partial charge on any atom is -0.481 e. The molecule has 1 aliphatic heterocycles. The molecule has 0 amide bonds. The lowest BCUT2D eigenvalue weighted by Crippen LogP contribution is -2.51. The first-order valence-electron chi connectivity index (χ1n) is 5.90. The zero-order chi connectivity index (χ0) is 10.8. The van der Waals surface area contributed by atoms with E-state index in [4.69, 9.17) is 5.11 Å². The minimum atomic E-state index is -0.643. The fourth-order valence-corrected chi connectivity index (χ4v) is 2.33. The lowest BCUT2D eigenvalue weighted by molar-refractivity contribution is -0.144. The Morgan fingerprint density at radius 2 is 2.13 bits per heavy atom. The largest absolute Gasteiger partial charge is 0.481 e. The molecule has 0 spiro atoms. The van der Waals surface area contributed by atoms with E-state index in [2.05, 4.69) is 17.1 Å². The van der Waals surface area contributed by atoms with Crippen LogP contribution in [0.4, 0.5) is 0 Å². The van der Waals surface area contributed by atoms with Crippen LogP contribution in [0.3, 0.4) is 0 Å². The number of carbonyl (C=O) groups is 1. The molecule has 0 radical (unpaired) electrons. The van der Waals surface area contributed by atoms with Crippen molar-refractivity contribution in [3.05, 3.63) is 0 Å². The van der Waals surface area contributed by atoms with Gasteiger partial charge in [-0.15, -0.1) is 0 Å². The van der Waals surface area contributed by atoms with Crippen LogP contribution in [-0.2, 0) is 4.79 Å². The normalized spacial score (nSPS) is 32.9. The van der Waals surface area contributed by atoms with Crippen LogP contribution in [0.25, 0.3) is 0 Å². The zero-order valence-corrected chi connectivity index (χ0v) is 9.28. The van der Waals surface area contributed by atoms with E-state index in [1.807, 2.05) is 0 Å². The molecule has 1 heterocycles. The van der Waals surface area contributed by atoms with Crippen LogP contribution in [-0.4, -0.2) is 47.7 Å². The van der Waals surface area contributed by atoms with Gasteiger partial charge in [0.2, 0.25) is 0 Å². The quantitative estimate of drug-likeness (QED) is 0.714. The first-order valence-corrected chi connectivity index (χ1v) is 5.90. The summed E-state index contributed by atoms with van der Waals surface area (Å²) in [6.07, 6.45) is 3.32. The maximum Gasteiger partial charge on any atom is 0.307 e. The van der Waals surface area contributed by atoms with Crippen LogP contribution in [0.5, 0.6) is 0 Å². The Hall–Kier alpha value is -0.610. The molecule has 1 saturated heterocycles. The smallest absolute Gasteiger partial charge is 0.307 e. The lowest BCUT2D eigenvalue weighted by atomic mass is 9.94. The van der Waals surface area contributed by atoms with E-state index < -0.39 is 5.97 Å². The topological polar surface area (TPSA) is 52.6 Å². The molecule has 2 atom stereocenters. The molecule has 4 nitrogen and oxygen atoms in total. The number of nitrogens with one attached hydrogen (secondary N) is 1. The molecule has 0 aromatic rings. The van der Waals surface area contributed by atoms with E-state index in [1.54, 1.807) is 0 Å². The number of carboxylic acid groups (broad SMARTS) is 1. The van der Waals surface area contributed by atoms with Crippen LogP contribution >= 0.6 is 0 Å². The molecule has 1 aliphatic carbocycles. The number of nitrogens with zero attached hydrogens (tertiary/aromatic N) is 1. The second-order valence-electron chi connectivity index (χ2n) is 4.76. The highest BCUT2D eigenvalue weighted by Crippen LogP contribution is 2.23. The van der Waals surface area contributed by atoms with E-state index in [0.717, 1.165) is 19.5 Å². The van der Waals surface area contributed by atoms with E-state index in [9.17, 15) is 4.79 Å². The number of hydrogen-bond donors (Lipinski definition) is 2. The molecule has 2 rings (SSSR count). The van der Waals surface area contributed by atoms with Gasteiger partial charge >= 0.3 is 5.97 Å². The van der Waals surface area contributed by atoms with Crippen molar-refractivity contribution in [2.75, 3.05) is 19.6 Å². The van der Waals surface area contributed by atoms with E-state index in [0.29, 0.717) is 18.6 Å². The van der Waals surface area contributed by atoms with Crippen LogP contribution in [0.15, 0.2) is 0 Å². The van der Waals surface area contributed by atoms with Gasteiger partial charge in [0.15, 0.2) is 0 Å². The first-order chi connectivity index (χ1) is 7.19. The number of rotatable bonds is 4. The third kappa shape index (κ3) is 2.92. The number of carboxylic acids is 1. The van der Waals surface area contributed by atoms with Gasteiger partial charge in [-0.25, -0.2) is 0 Å². The Morgan fingerprint density at radius 1 is 1.40 bits per heavy atom. The highest BCUT2D eigenvalue weighted by Gasteiger charge is 2.33. The maximum atomic E-state index is 11.0. The van der Waals surface area contributed by atoms with Crippen molar-refractivity contribution < 1.29 is 9.90 Å². The van der Waals surface area contributed by atoms with Crippen molar-refractivity contribution >= 4 is 5.97 Å². The SMILES string of the molecule is CCN1CC(NC2CC2)CC(C(=O)O)C1. The van der Waals surface area contributed by atoms with Crippen molar-refractivity contribution in [3.8, 4) is 0 Å². The molecule has 15 heavy (non-hydrogen) atoms. The molecule has 2 unspecified atom stereocenters. The molecule has 0 bridgehead atoms. The summed E-state index contributed by atoms with van der Waals surface area (Å²) in [7, 11) is 0. The van der Waals surface area contributed by atoms with Crippen LogP contribution < -0.4 is 5.32 Å². The number of hydrogen-bond acceptors (Lipinski definition) is 3. The summed E-state index contributed by atoms with van der Waals surface area (Å²) in [6, 6.07) is 1.05. The molecule has 2 N–H and O–H groups in total. The Morgan fingerprint density at radius 3 is 2.67 bits per heavy atom. The Labute approximate surface area is 90.6 Å². The Kier molecular flexibility index (Phi) is 3.26. The van der Waals surface area contributed by atoms with Crippen molar-refractivity contribution in [1.82, 2.24) is 10.2 Å². The number of aliphatic carboxylic acids is 1. The van der Waals surface area contributed by atoms with Crippen molar-refractivity contribution in [2.24, 2.45) is 5.92 Å². The molecule has 4 heteroatoms. The summed E-state index contributed by atoms with van der Waals surface area (Å²) in [5.74, 6) is -0.828. The number of likely N-dealkylation sites (N-methyl/N-ethyl adjacent to an activating group) is 1. The molecule has 1 saturated carbocycles. The molecule has 2 aliphatic rings. The van der Waals surface area contributed by atoms with Crippen LogP contribution in [0.2, 0.25) is 0 Å². The fourth-order valence-electron chi connectivity index (χ4n) is 2.33. The Balaban J connectivity index is 1.89. The van der Waals surface area contributed by atoms with Gasteiger partial charge in [0.05, 0.1) is 5.92 Å². The molecule has 86 valence electrons. The molecular formula is C11H20N2O2. The summed E-state index contributed by atoms with van der Waals surface area (Å²) in [4.78, 5) is 13.2. The predicted octanol–water partition coefficient (Wildman–Crippen LogP) is 0.533. The summed E-state index contributed by atoms with van der Waals surface area (Å²) in [5, 5.41) is 12.6. The Bertz CT molecular complexity index is 241. The van der Waals surface area contributed by atoms with E-state index in [1.165, 1.54) is 12.8 Å². The predicted molar refractivity (Wildman–Crippen MR) is 57.8 cm³/mol. The van der Waals surface area contributed by atoms with Gasteiger partial charge < -0.3 is 15.3 Å². The van der Waals surface area contributed by atoms with Crippen LogP contribution in [0.1, 0.15) is 26.2 Å². The average molecular weight is 212 g/mol. The highest BCUT2D eigenvalue weighted by molar-refractivity contribution is 5.70. The fraction of sp³-hybridized carbons (Fsp3) is 0.909. The van der Waals surface area contributed by atoms with Gasteiger partial charge in [0.25, 0.3) is 0 Å². The van der Waals surface area contributed by atoms with Gasteiger partial charge in [-0.05, 0) is 25.8 Å². The maximum absolute atomic E-state index is 11.0. The molecule has 0 aromatic heterocycles. The molecule has 2 fully saturated rings. The molecular weight excluding hydrogens is 192 g/mol. The van der Waals surface area contributed by atoms with Gasteiger partial charge in [-0.2, -0.15) is 0 Å². The van der Waals surface area contributed by atoms with Gasteiger partial charge in [0, 0.05) is 25.2 Å². The van der Waals surface area contributed by atoms with Crippen molar-refractivity contribution in [1.29, 1.82) is 0 Å². The van der Waals surface area contributed by atoms with Crippen molar-refractivity contribution in [3.63, 3.8) is 0 Å². The number of likely N-dealkylation sites (tertiary alicyclic amines) is 1. The second-order valence-corrected chi connectivity index (χ2v) is 4.76. The molecule has 0 aromatic carbocycles. The minimum absolute atomic E-state index is 0.185. The monoisotopic (exact) mass is 212 g/mol. The van der Waals surface area contributed by atoms with Crippen LogP contribution in [0, 0.1) is 5.92 Å². The lowest BCUT2D eigenvalue weighted by Gasteiger charge is -2.36. The third-order valence-corrected chi connectivity index (χ3v) is 3.37. The second kappa shape index (κ2) is 4.49. The zero-order valence-electron chi connectivity index (χ0n) is 9.28. The first kappa shape index (κ1) is 10.9. The van der Waals surface area contributed by atoms with E-state index >= 15 is 0 Å². The third-order valence-electron chi connectivity index (χ3n) is 3.37. The van der Waals surface area contributed by atoms with Gasteiger partial charge in [-0.1, -0.05) is 6.92 Å². The van der Waals surface area contributed by atoms with E-state index in [-0.39, 0.29) is 5.92 Å².